The minimum Gasteiger partial charge on any atom is -0.311 e. The molecule has 0 spiro atoms. The van der Waals surface area contributed by atoms with Gasteiger partial charge in [-0.1, -0.05) is 6.92 Å². The summed E-state index contributed by atoms with van der Waals surface area (Å²) in [5, 5.41) is 0. The van der Waals surface area contributed by atoms with Crippen LogP contribution in [0.5, 0.6) is 0 Å². The van der Waals surface area contributed by atoms with Crippen molar-refractivity contribution in [3.05, 3.63) is 0 Å². The quantitative estimate of drug-likeness (QED) is 0.648. The Morgan fingerprint density at radius 3 is 1.92 bits per heavy atom. The van der Waals surface area contributed by atoms with Crippen LogP contribution in [0.25, 0.3) is 0 Å². The van der Waals surface area contributed by atoms with Crippen molar-refractivity contribution in [3.8, 4) is 0 Å². The molecule has 0 rings (SSSR count). The number of rotatable bonds is 4. The lowest BCUT2D eigenvalue weighted by atomic mass is 10.2. The van der Waals surface area contributed by atoms with Crippen molar-refractivity contribution < 1.29 is 31.1 Å². The maximum absolute atomic E-state index is 12.4. The lowest BCUT2D eigenvalue weighted by Gasteiger charge is -2.21. The van der Waals surface area contributed by atoms with Gasteiger partial charge in [-0.2, -0.15) is 22.0 Å². The largest absolute Gasteiger partial charge is 0.412 e. The van der Waals surface area contributed by atoms with Gasteiger partial charge in [-0.15, -0.1) is 0 Å². The fraction of sp³-hybridized carbons (Fsp3) is 1.00. The van der Waals surface area contributed by atoms with Gasteiger partial charge in [0, 0.05) is 0 Å². The second-order valence-electron chi connectivity index (χ2n) is 2.52. The van der Waals surface area contributed by atoms with Crippen LogP contribution in [-0.2, 0) is 4.74 Å². The van der Waals surface area contributed by atoms with Crippen LogP contribution in [0.4, 0.5) is 26.3 Å². The third-order valence-electron chi connectivity index (χ3n) is 1.23. The summed E-state index contributed by atoms with van der Waals surface area (Å²) in [5.41, 5.74) is 0. The molecule has 0 aliphatic carbocycles. The second-order valence-corrected chi connectivity index (χ2v) is 2.52. The highest BCUT2D eigenvalue weighted by atomic mass is 19.4. The van der Waals surface area contributed by atoms with Crippen molar-refractivity contribution >= 4 is 0 Å². The van der Waals surface area contributed by atoms with Crippen molar-refractivity contribution in [2.75, 3.05) is 13.3 Å². The van der Waals surface area contributed by atoms with Gasteiger partial charge in [-0.05, 0) is 0 Å². The highest BCUT2D eigenvalue weighted by Crippen LogP contribution is 2.28. The smallest absolute Gasteiger partial charge is 0.311 e. The SMILES string of the molecule is CC(CF)C(F)(F)OCC(F)(F)F. The van der Waals surface area contributed by atoms with Gasteiger partial charge in [-0.25, -0.2) is 0 Å². The second kappa shape index (κ2) is 4.17. The van der Waals surface area contributed by atoms with E-state index < -0.39 is 31.5 Å². The Labute approximate surface area is 70.7 Å². The zero-order valence-electron chi connectivity index (χ0n) is 6.67. The number of hydrogen-bond donors (Lipinski definition) is 0. The Kier molecular flexibility index (Phi) is 4.02. The van der Waals surface area contributed by atoms with Crippen molar-refractivity contribution in [1.29, 1.82) is 0 Å². The first-order valence-corrected chi connectivity index (χ1v) is 3.33. The van der Waals surface area contributed by atoms with Gasteiger partial charge in [0.25, 0.3) is 0 Å². The van der Waals surface area contributed by atoms with Crippen LogP contribution in [0.15, 0.2) is 0 Å². The minimum absolute atomic E-state index is 0.760. The maximum Gasteiger partial charge on any atom is 0.412 e. The van der Waals surface area contributed by atoms with Crippen molar-refractivity contribution in [1.82, 2.24) is 0 Å². The maximum atomic E-state index is 12.4. The van der Waals surface area contributed by atoms with Crippen LogP contribution in [0.3, 0.4) is 0 Å². The summed E-state index contributed by atoms with van der Waals surface area (Å²) < 4.78 is 73.9. The molecule has 0 amide bonds. The van der Waals surface area contributed by atoms with E-state index in [0.717, 1.165) is 6.92 Å². The molecule has 1 atom stereocenters. The molecule has 0 fully saturated rings. The Bertz CT molecular complexity index is 154. The highest BCUT2D eigenvalue weighted by Gasteiger charge is 2.42. The van der Waals surface area contributed by atoms with E-state index in [4.69, 9.17) is 0 Å². The molecular weight excluding hydrogens is 202 g/mol. The first kappa shape index (κ1) is 12.5. The predicted octanol–water partition coefficient (Wildman–Crippen LogP) is 2.76. The predicted molar refractivity (Wildman–Crippen MR) is 32.1 cm³/mol. The molecule has 0 aliphatic heterocycles. The standard InChI is InChI=1S/C6H8F6O/c1-4(2-7)6(11,12)13-3-5(8,9)10/h4H,2-3H2,1H3. The summed E-state index contributed by atoms with van der Waals surface area (Å²) in [4.78, 5) is 0. The Morgan fingerprint density at radius 1 is 1.15 bits per heavy atom. The zero-order valence-corrected chi connectivity index (χ0v) is 6.67. The molecule has 80 valence electrons. The highest BCUT2D eigenvalue weighted by molar-refractivity contribution is 4.63. The first-order valence-electron chi connectivity index (χ1n) is 3.33. The van der Waals surface area contributed by atoms with Gasteiger partial charge in [0.2, 0.25) is 0 Å². The van der Waals surface area contributed by atoms with Gasteiger partial charge in [0.15, 0.2) is 0 Å². The summed E-state index contributed by atoms with van der Waals surface area (Å²) in [6.45, 7) is -2.76. The molecule has 0 aromatic heterocycles. The van der Waals surface area contributed by atoms with E-state index >= 15 is 0 Å². The number of ether oxygens (including phenoxy) is 1. The van der Waals surface area contributed by atoms with E-state index in [9.17, 15) is 26.3 Å². The summed E-state index contributed by atoms with van der Waals surface area (Å²) in [7, 11) is 0. The van der Waals surface area contributed by atoms with E-state index in [1.165, 1.54) is 0 Å². The molecule has 1 nitrogen and oxygen atoms in total. The average molecular weight is 210 g/mol. The molecular formula is C6H8F6O. The Morgan fingerprint density at radius 2 is 1.62 bits per heavy atom. The molecule has 7 heteroatoms. The molecule has 0 heterocycles. The van der Waals surface area contributed by atoms with E-state index in [-0.39, 0.29) is 0 Å². The molecule has 0 saturated carbocycles. The Balaban J connectivity index is 4.03. The lowest BCUT2D eigenvalue weighted by molar-refractivity contribution is -0.309. The van der Waals surface area contributed by atoms with E-state index in [0.29, 0.717) is 0 Å². The summed E-state index contributed by atoms with van der Waals surface area (Å²) in [6, 6.07) is 0. The molecule has 0 aliphatic rings. The van der Waals surface area contributed by atoms with Crippen molar-refractivity contribution in [2.45, 2.75) is 19.2 Å². The van der Waals surface area contributed by atoms with Crippen LogP contribution < -0.4 is 0 Å². The number of hydrogen-bond acceptors (Lipinski definition) is 1. The van der Waals surface area contributed by atoms with Gasteiger partial charge in [0.05, 0.1) is 5.92 Å². The van der Waals surface area contributed by atoms with Crippen LogP contribution >= 0.6 is 0 Å². The summed E-state index contributed by atoms with van der Waals surface area (Å²) >= 11 is 0. The van der Waals surface area contributed by atoms with Gasteiger partial charge in [0.1, 0.15) is 13.3 Å². The van der Waals surface area contributed by atoms with Gasteiger partial charge in [-0.3, -0.25) is 4.39 Å². The molecule has 0 radical (unpaired) electrons. The van der Waals surface area contributed by atoms with Crippen LogP contribution in [0.2, 0.25) is 0 Å². The van der Waals surface area contributed by atoms with E-state index in [1.54, 1.807) is 0 Å². The van der Waals surface area contributed by atoms with Crippen LogP contribution in [-0.4, -0.2) is 25.6 Å². The van der Waals surface area contributed by atoms with E-state index in [2.05, 4.69) is 4.74 Å². The topological polar surface area (TPSA) is 9.23 Å². The van der Waals surface area contributed by atoms with Crippen molar-refractivity contribution in [3.63, 3.8) is 0 Å². The molecule has 1 unspecified atom stereocenters. The first-order chi connectivity index (χ1) is 5.69. The lowest BCUT2D eigenvalue weighted by Crippen LogP contribution is -2.34. The van der Waals surface area contributed by atoms with Crippen LogP contribution in [0, 0.1) is 5.92 Å². The third kappa shape index (κ3) is 4.97. The van der Waals surface area contributed by atoms with Crippen LogP contribution in [0.1, 0.15) is 6.92 Å². The number of alkyl halides is 6. The van der Waals surface area contributed by atoms with Gasteiger partial charge >= 0.3 is 12.3 Å². The van der Waals surface area contributed by atoms with Gasteiger partial charge < -0.3 is 4.74 Å². The molecule has 0 aromatic rings. The van der Waals surface area contributed by atoms with E-state index in [1.807, 2.05) is 0 Å². The molecule has 13 heavy (non-hydrogen) atoms. The van der Waals surface area contributed by atoms with Crippen molar-refractivity contribution in [2.24, 2.45) is 5.92 Å². The normalized spacial score (nSPS) is 15.9. The monoisotopic (exact) mass is 210 g/mol. The fourth-order valence-electron chi connectivity index (χ4n) is 0.410. The fourth-order valence-corrected chi connectivity index (χ4v) is 0.410. The Hall–Kier alpha value is -0.460. The minimum atomic E-state index is -4.83. The third-order valence-corrected chi connectivity index (χ3v) is 1.23. The summed E-state index contributed by atoms with van der Waals surface area (Å²) in [5.74, 6) is -1.88. The number of halogens is 6. The molecule has 0 aromatic carbocycles. The summed E-state index contributed by atoms with van der Waals surface area (Å²) in [6.07, 6.45) is -8.91. The average Bonchev–Trinajstić information content (AvgIpc) is 1.98. The molecule has 0 saturated heterocycles. The zero-order chi connectivity index (χ0) is 10.7. The molecule has 0 bridgehead atoms. The molecule has 0 N–H and O–H groups in total.